The largest absolute Gasteiger partial charge is 0.491 e. The molecule has 0 amide bonds. The highest BCUT2D eigenvalue weighted by Crippen LogP contribution is 2.19. The minimum absolute atomic E-state index is 0.0551. The molecular weight excluding hydrogens is 278 g/mol. The Labute approximate surface area is 125 Å². The van der Waals surface area contributed by atoms with E-state index < -0.39 is 6.10 Å². The Bertz CT molecular complexity index is 404. The molecule has 1 unspecified atom stereocenters. The standard InChI is InChI=1S/C15H22ClNO3/c1-15(6-8-19-9-7-15)17-10-13(18)11-20-14-4-2-12(16)3-5-14/h2-5,13,17-18H,6-11H2,1H3. The van der Waals surface area contributed by atoms with Gasteiger partial charge in [-0.3, -0.25) is 0 Å². The van der Waals surface area contributed by atoms with Gasteiger partial charge in [-0.1, -0.05) is 11.6 Å². The Hall–Kier alpha value is -0.810. The van der Waals surface area contributed by atoms with Gasteiger partial charge in [-0.15, -0.1) is 0 Å². The van der Waals surface area contributed by atoms with E-state index in [1.54, 1.807) is 24.3 Å². The first-order valence-electron chi connectivity index (χ1n) is 6.97. The average Bonchev–Trinajstić information content (AvgIpc) is 2.45. The van der Waals surface area contributed by atoms with E-state index >= 15 is 0 Å². The second-order valence-electron chi connectivity index (χ2n) is 5.47. The molecule has 1 fully saturated rings. The van der Waals surface area contributed by atoms with E-state index in [9.17, 15) is 5.11 Å². The molecule has 1 aliphatic rings. The second kappa shape index (κ2) is 7.27. The molecule has 0 aromatic heterocycles. The molecule has 1 aromatic carbocycles. The van der Waals surface area contributed by atoms with Gasteiger partial charge in [-0.2, -0.15) is 0 Å². The van der Waals surface area contributed by atoms with Crippen molar-refractivity contribution in [3.05, 3.63) is 29.3 Å². The summed E-state index contributed by atoms with van der Waals surface area (Å²) in [6, 6.07) is 7.12. The van der Waals surface area contributed by atoms with Crippen molar-refractivity contribution in [3.8, 4) is 5.75 Å². The molecule has 0 radical (unpaired) electrons. The van der Waals surface area contributed by atoms with Gasteiger partial charge in [0.2, 0.25) is 0 Å². The van der Waals surface area contributed by atoms with E-state index in [0.29, 0.717) is 17.3 Å². The molecule has 1 aliphatic heterocycles. The van der Waals surface area contributed by atoms with Gasteiger partial charge in [0, 0.05) is 30.3 Å². The lowest BCUT2D eigenvalue weighted by molar-refractivity contribution is 0.0342. The first-order chi connectivity index (χ1) is 9.57. The first-order valence-corrected chi connectivity index (χ1v) is 7.34. The number of hydrogen-bond acceptors (Lipinski definition) is 4. The molecule has 5 heteroatoms. The summed E-state index contributed by atoms with van der Waals surface area (Å²) in [5, 5.41) is 14.1. The lowest BCUT2D eigenvalue weighted by Gasteiger charge is -2.35. The maximum Gasteiger partial charge on any atom is 0.119 e. The molecule has 0 spiro atoms. The van der Waals surface area contributed by atoms with Crippen molar-refractivity contribution in [1.82, 2.24) is 5.32 Å². The predicted molar refractivity (Wildman–Crippen MR) is 79.4 cm³/mol. The van der Waals surface area contributed by atoms with Crippen LogP contribution < -0.4 is 10.1 Å². The zero-order chi connectivity index (χ0) is 14.4. The molecule has 1 saturated heterocycles. The third-order valence-electron chi connectivity index (χ3n) is 3.62. The molecule has 0 saturated carbocycles. The summed E-state index contributed by atoms with van der Waals surface area (Å²) in [6.45, 7) is 4.51. The lowest BCUT2D eigenvalue weighted by atomic mass is 9.92. The number of β-amino-alcohol motifs (C(OH)–C–C–N with tert-alkyl or cyclic N) is 1. The summed E-state index contributed by atoms with van der Waals surface area (Å²) in [5.41, 5.74) is 0.0551. The maximum atomic E-state index is 9.97. The number of ether oxygens (including phenoxy) is 2. The van der Waals surface area contributed by atoms with Crippen molar-refractivity contribution < 1.29 is 14.6 Å². The fourth-order valence-electron chi connectivity index (χ4n) is 2.15. The monoisotopic (exact) mass is 299 g/mol. The van der Waals surface area contributed by atoms with Gasteiger partial charge in [0.1, 0.15) is 18.5 Å². The van der Waals surface area contributed by atoms with Crippen molar-refractivity contribution in [3.63, 3.8) is 0 Å². The van der Waals surface area contributed by atoms with Crippen LogP contribution in [0, 0.1) is 0 Å². The molecule has 0 aliphatic carbocycles. The van der Waals surface area contributed by atoms with E-state index in [0.717, 1.165) is 26.1 Å². The molecule has 112 valence electrons. The number of nitrogens with one attached hydrogen (secondary N) is 1. The van der Waals surface area contributed by atoms with Crippen LogP contribution in [0.15, 0.2) is 24.3 Å². The highest BCUT2D eigenvalue weighted by atomic mass is 35.5. The van der Waals surface area contributed by atoms with E-state index in [1.165, 1.54) is 0 Å². The molecule has 1 atom stereocenters. The van der Waals surface area contributed by atoms with E-state index in [4.69, 9.17) is 21.1 Å². The van der Waals surface area contributed by atoms with Crippen LogP contribution in [0.3, 0.4) is 0 Å². The molecule has 4 nitrogen and oxygen atoms in total. The molecule has 20 heavy (non-hydrogen) atoms. The quantitative estimate of drug-likeness (QED) is 0.846. The van der Waals surface area contributed by atoms with Crippen molar-refractivity contribution >= 4 is 11.6 Å². The number of halogens is 1. The Morgan fingerprint density at radius 3 is 2.65 bits per heavy atom. The van der Waals surface area contributed by atoms with Crippen LogP contribution in [-0.2, 0) is 4.74 Å². The Morgan fingerprint density at radius 2 is 2.00 bits per heavy atom. The molecule has 1 aromatic rings. The highest BCUT2D eigenvalue weighted by molar-refractivity contribution is 6.30. The van der Waals surface area contributed by atoms with E-state index in [2.05, 4.69) is 12.2 Å². The van der Waals surface area contributed by atoms with Gasteiger partial charge >= 0.3 is 0 Å². The summed E-state index contributed by atoms with van der Waals surface area (Å²) in [5.74, 6) is 0.714. The van der Waals surface area contributed by atoms with Gasteiger partial charge in [0.15, 0.2) is 0 Å². The highest BCUT2D eigenvalue weighted by Gasteiger charge is 2.27. The Morgan fingerprint density at radius 1 is 1.35 bits per heavy atom. The molecule has 2 rings (SSSR count). The summed E-state index contributed by atoms with van der Waals surface area (Å²) < 4.78 is 10.9. The third kappa shape index (κ3) is 4.94. The number of rotatable bonds is 6. The number of hydrogen-bond donors (Lipinski definition) is 2. The van der Waals surface area contributed by atoms with Gasteiger partial charge in [-0.05, 0) is 44.0 Å². The zero-order valence-corrected chi connectivity index (χ0v) is 12.5. The van der Waals surface area contributed by atoms with E-state index in [1.807, 2.05) is 0 Å². The summed E-state index contributed by atoms with van der Waals surface area (Å²) in [4.78, 5) is 0. The van der Waals surface area contributed by atoms with E-state index in [-0.39, 0.29) is 12.1 Å². The van der Waals surface area contributed by atoms with Crippen LogP contribution in [0.1, 0.15) is 19.8 Å². The van der Waals surface area contributed by atoms with Crippen molar-refractivity contribution in [2.24, 2.45) is 0 Å². The van der Waals surface area contributed by atoms with Crippen LogP contribution >= 0.6 is 11.6 Å². The number of benzene rings is 1. The molecule has 1 heterocycles. The van der Waals surface area contributed by atoms with Crippen LogP contribution in [0.25, 0.3) is 0 Å². The smallest absolute Gasteiger partial charge is 0.119 e. The molecular formula is C15H22ClNO3. The number of aliphatic hydroxyl groups is 1. The summed E-state index contributed by atoms with van der Waals surface area (Å²) >= 11 is 5.80. The Balaban J connectivity index is 1.69. The van der Waals surface area contributed by atoms with Crippen molar-refractivity contribution in [2.45, 2.75) is 31.4 Å². The second-order valence-corrected chi connectivity index (χ2v) is 5.91. The Kier molecular flexibility index (Phi) is 5.66. The lowest BCUT2D eigenvalue weighted by Crippen LogP contribution is -2.50. The van der Waals surface area contributed by atoms with Crippen LogP contribution in [0.5, 0.6) is 5.75 Å². The van der Waals surface area contributed by atoms with Gasteiger partial charge < -0.3 is 19.9 Å². The van der Waals surface area contributed by atoms with Crippen LogP contribution in [0.4, 0.5) is 0 Å². The first kappa shape index (κ1) is 15.6. The fraction of sp³-hybridized carbons (Fsp3) is 0.600. The number of aliphatic hydroxyl groups excluding tert-OH is 1. The fourth-order valence-corrected chi connectivity index (χ4v) is 2.27. The normalized spacial score (nSPS) is 19.6. The van der Waals surface area contributed by atoms with Crippen molar-refractivity contribution in [2.75, 3.05) is 26.4 Å². The minimum Gasteiger partial charge on any atom is -0.491 e. The summed E-state index contributed by atoms with van der Waals surface area (Å²) in [6.07, 6.45) is 1.40. The van der Waals surface area contributed by atoms with Crippen LogP contribution in [0.2, 0.25) is 5.02 Å². The maximum absolute atomic E-state index is 9.97. The van der Waals surface area contributed by atoms with Gasteiger partial charge in [0.05, 0.1) is 0 Å². The molecule has 2 N–H and O–H groups in total. The SMILES string of the molecule is CC1(NCC(O)COc2ccc(Cl)cc2)CCOCC1. The van der Waals surface area contributed by atoms with Crippen molar-refractivity contribution in [1.29, 1.82) is 0 Å². The van der Waals surface area contributed by atoms with Gasteiger partial charge in [-0.25, -0.2) is 0 Å². The van der Waals surface area contributed by atoms with Crippen LogP contribution in [-0.4, -0.2) is 43.1 Å². The summed E-state index contributed by atoms with van der Waals surface area (Å²) in [7, 11) is 0. The zero-order valence-electron chi connectivity index (χ0n) is 11.8. The van der Waals surface area contributed by atoms with Gasteiger partial charge in [0.25, 0.3) is 0 Å². The predicted octanol–water partition coefficient (Wildman–Crippen LogP) is 2.24. The topological polar surface area (TPSA) is 50.7 Å². The third-order valence-corrected chi connectivity index (χ3v) is 3.87. The average molecular weight is 300 g/mol. The molecule has 0 bridgehead atoms. The minimum atomic E-state index is -0.537.